The number of aromatic carboxylic acids is 1. The highest BCUT2D eigenvalue weighted by Crippen LogP contribution is 2.27. The molecular formula is C19H10BrF4NO4. The highest BCUT2D eigenvalue weighted by Gasteiger charge is 2.24. The average Bonchev–Trinajstić information content (AvgIpc) is 2.65. The van der Waals surface area contributed by atoms with Crippen molar-refractivity contribution in [1.29, 1.82) is 0 Å². The fourth-order valence-electron chi connectivity index (χ4n) is 2.55. The van der Waals surface area contributed by atoms with Crippen molar-refractivity contribution in [2.75, 3.05) is 0 Å². The molecule has 150 valence electrons. The molecule has 0 fully saturated rings. The Balaban J connectivity index is 2.10. The topological polar surface area (TPSA) is 68.5 Å². The van der Waals surface area contributed by atoms with Crippen molar-refractivity contribution in [3.63, 3.8) is 0 Å². The SMILES string of the molecule is O=C(O)c1cc(OCc2ccc(F)cc2F)c(Br)c(=O)n1-c1c(F)cccc1F. The maximum absolute atomic E-state index is 14.1. The molecule has 0 aliphatic heterocycles. The smallest absolute Gasteiger partial charge is 0.353 e. The van der Waals surface area contributed by atoms with Gasteiger partial charge in [-0.15, -0.1) is 0 Å². The third-order valence-corrected chi connectivity index (χ3v) is 4.62. The number of carboxylic acid groups (broad SMARTS) is 1. The Hall–Kier alpha value is -3.14. The van der Waals surface area contributed by atoms with Crippen LogP contribution in [0.4, 0.5) is 17.6 Å². The van der Waals surface area contributed by atoms with Crippen molar-refractivity contribution < 1.29 is 32.2 Å². The lowest BCUT2D eigenvalue weighted by atomic mass is 10.2. The summed E-state index contributed by atoms with van der Waals surface area (Å²) >= 11 is 2.91. The molecule has 1 aromatic heterocycles. The van der Waals surface area contributed by atoms with Crippen LogP contribution in [-0.2, 0) is 6.61 Å². The van der Waals surface area contributed by atoms with Crippen LogP contribution in [0.5, 0.6) is 5.75 Å². The van der Waals surface area contributed by atoms with Gasteiger partial charge in [0.15, 0.2) is 0 Å². The maximum atomic E-state index is 14.1. The molecule has 0 atom stereocenters. The number of para-hydroxylation sites is 1. The van der Waals surface area contributed by atoms with Crippen LogP contribution in [0.15, 0.2) is 51.7 Å². The van der Waals surface area contributed by atoms with Crippen LogP contribution < -0.4 is 10.3 Å². The minimum atomic E-state index is -1.66. The Morgan fingerprint density at radius 3 is 2.28 bits per heavy atom. The summed E-state index contributed by atoms with van der Waals surface area (Å²) < 4.78 is 60.3. The van der Waals surface area contributed by atoms with Crippen molar-refractivity contribution in [3.05, 3.63) is 91.8 Å². The zero-order chi connectivity index (χ0) is 21.3. The molecule has 1 N–H and O–H groups in total. The third kappa shape index (κ3) is 4.02. The molecule has 3 aromatic rings. The normalized spacial score (nSPS) is 10.8. The Labute approximate surface area is 168 Å². The van der Waals surface area contributed by atoms with Gasteiger partial charge in [0.25, 0.3) is 5.56 Å². The summed E-state index contributed by atoms with van der Waals surface area (Å²) in [5.74, 6) is -5.96. The van der Waals surface area contributed by atoms with E-state index in [1.54, 1.807) is 0 Å². The zero-order valence-electron chi connectivity index (χ0n) is 14.3. The molecule has 29 heavy (non-hydrogen) atoms. The number of carboxylic acids is 1. The van der Waals surface area contributed by atoms with E-state index in [0.29, 0.717) is 10.6 Å². The van der Waals surface area contributed by atoms with Gasteiger partial charge >= 0.3 is 5.97 Å². The summed E-state index contributed by atoms with van der Waals surface area (Å²) in [6, 6.07) is 6.41. The fraction of sp³-hybridized carbons (Fsp3) is 0.0526. The standard InChI is InChI=1S/C19H10BrF4NO4/c20-16-15(29-8-9-4-5-10(21)6-13(9)24)7-14(19(27)28)25(18(16)26)17-11(22)2-1-3-12(17)23/h1-7H,8H2,(H,27,28). The number of ether oxygens (including phenoxy) is 1. The molecular weight excluding hydrogens is 462 g/mol. The summed E-state index contributed by atoms with van der Waals surface area (Å²) in [6.45, 7) is -0.457. The monoisotopic (exact) mass is 471 g/mol. The number of hydrogen-bond acceptors (Lipinski definition) is 3. The second kappa shape index (κ2) is 8.08. The van der Waals surface area contributed by atoms with Gasteiger partial charge in [0.1, 0.15) is 51.5 Å². The Bertz CT molecular complexity index is 1160. The van der Waals surface area contributed by atoms with Crippen LogP contribution in [0.3, 0.4) is 0 Å². The van der Waals surface area contributed by atoms with Crippen LogP contribution in [0.2, 0.25) is 0 Å². The van der Waals surface area contributed by atoms with Crippen LogP contribution in [0.25, 0.3) is 5.69 Å². The Kier molecular flexibility index (Phi) is 5.73. The van der Waals surface area contributed by atoms with E-state index >= 15 is 0 Å². The third-order valence-electron chi connectivity index (χ3n) is 3.89. The molecule has 10 heteroatoms. The average molecular weight is 472 g/mol. The maximum Gasteiger partial charge on any atom is 0.353 e. The van der Waals surface area contributed by atoms with Gasteiger partial charge in [-0.3, -0.25) is 9.36 Å². The first-order chi connectivity index (χ1) is 13.7. The molecule has 0 radical (unpaired) electrons. The summed E-state index contributed by atoms with van der Waals surface area (Å²) in [7, 11) is 0. The van der Waals surface area contributed by atoms with Crippen LogP contribution in [-0.4, -0.2) is 15.6 Å². The Morgan fingerprint density at radius 2 is 1.69 bits per heavy atom. The van der Waals surface area contributed by atoms with E-state index in [9.17, 15) is 32.3 Å². The van der Waals surface area contributed by atoms with Crippen LogP contribution in [0, 0.1) is 23.3 Å². The number of aromatic nitrogens is 1. The molecule has 0 bridgehead atoms. The van der Waals surface area contributed by atoms with E-state index in [1.807, 2.05) is 0 Å². The van der Waals surface area contributed by atoms with E-state index < -0.39 is 52.8 Å². The Morgan fingerprint density at radius 1 is 1.03 bits per heavy atom. The van der Waals surface area contributed by atoms with Gasteiger partial charge in [-0.05, 0) is 40.2 Å². The quantitative estimate of drug-likeness (QED) is 0.558. The predicted octanol–water partition coefficient (Wildman–Crippen LogP) is 4.43. The van der Waals surface area contributed by atoms with Crippen molar-refractivity contribution >= 4 is 21.9 Å². The van der Waals surface area contributed by atoms with E-state index in [0.717, 1.165) is 36.4 Å². The highest BCUT2D eigenvalue weighted by atomic mass is 79.9. The summed E-state index contributed by atoms with van der Waals surface area (Å²) in [5, 5.41) is 9.43. The molecule has 0 saturated heterocycles. The number of rotatable bonds is 5. The van der Waals surface area contributed by atoms with E-state index in [2.05, 4.69) is 15.9 Å². The minimum absolute atomic E-state index is 0.0560. The van der Waals surface area contributed by atoms with Crippen molar-refractivity contribution in [2.24, 2.45) is 0 Å². The lowest BCUT2D eigenvalue weighted by Gasteiger charge is -2.15. The molecule has 0 amide bonds. The second-order valence-corrected chi connectivity index (χ2v) is 6.54. The largest absolute Gasteiger partial charge is 0.487 e. The lowest BCUT2D eigenvalue weighted by Crippen LogP contribution is -2.27. The van der Waals surface area contributed by atoms with Gasteiger partial charge in [0.05, 0.1) is 0 Å². The van der Waals surface area contributed by atoms with Gasteiger partial charge in [-0.25, -0.2) is 22.4 Å². The van der Waals surface area contributed by atoms with Crippen molar-refractivity contribution in [1.82, 2.24) is 4.57 Å². The van der Waals surface area contributed by atoms with Gasteiger partial charge in [-0.1, -0.05) is 6.07 Å². The number of nitrogens with zero attached hydrogens (tertiary/aromatic N) is 1. The van der Waals surface area contributed by atoms with Gasteiger partial charge in [-0.2, -0.15) is 0 Å². The zero-order valence-corrected chi connectivity index (χ0v) is 15.8. The lowest BCUT2D eigenvalue weighted by molar-refractivity contribution is 0.0685. The molecule has 3 rings (SSSR count). The fourth-order valence-corrected chi connectivity index (χ4v) is 2.95. The molecule has 0 aliphatic carbocycles. The number of hydrogen-bond donors (Lipinski definition) is 1. The van der Waals surface area contributed by atoms with Crippen molar-refractivity contribution in [3.8, 4) is 11.4 Å². The summed E-state index contributed by atoms with van der Waals surface area (Å²) in [4.78, 5) is 24.3. The minimum Gasteiger partial charge on any atom is -0.487 e. The highest BCUT2D eigenvalue weighted by molar-refractivity contribution is 9.10. The van der Waals surface area contributed by atoms with Gasteiger partial charge in [0, 0.05) is 17.7 Å². The van der Waals surface area contributed by atoms with E-state index in [4.69, 9.17) is 4.74 Å². The first kappa shape index (κ1) is 20.6. The van der Waals surface area contributed by atoms with Gasteiger partial charge in [0.2, 0.25) is 0 Å². The molecule has 1 heterocycles. The van der Waals surface area contributed by atoms with E-state index in [-0.39, 0.29) is 15.8 Å². The molecule has 5 nitrogen and oxygen atoms in total. The van der Waals surface area contributed by atoms with Crippen LogP contribution >= 0.6 is 15.9 Å². The first-order valence-electron chi connectivity index (χ1n) is 7.90. The van der Waals surface area contributed by atoms with E-state index in [1.165, 1.54) is 0 Å². The molecule has 0 aliphatic rings. The second-order valence-electron chi connectivity index (χ2n) is 5.75. The summed E-state index contributed by atoms with van der Waals surface area (Å²) in [6.07, 6.45) is 0. The van der Waals surface area contributed by atoms with Crippen molar-refractivity contribution in [2.45, 2.75) is 6.61 Å². The molecule has 0 unspecified atom stereocenters. The number of benzene rings is 2. The molecule has 0 spiro atoms. The predicted molar refractivity (Wildman–Crippen MR) is 97.3 cm³/mol. The number of carbonyl (C=O) groups is 1. The number of pyridine rings is 1. The first-order valence-corrected chi connectivity index (χ1v) is 8.70. The molecule has 2 aromatic carbocycles. The number of halogens is 5. The molecule has 0 saturated carbocycles. The summed E-state index contributed by atoms with van der Waals surface area (Å²) in [5.41, 5.74) is -2.81. The van der Waals surface area contributed by atoms with Gasteiger partial charge < -0.3 is 9.84 Å². The van der Waals surface area contributed by atoms with Crippen LogP contribution in [0.1, 0.15) is 16.1 Å².